The molecule has 0 aromatic heterocycles. The van der Waals surface area contributed by atoms with E-state index < -0.39 is 0 Å². The Morgan fingerprint density at radius 2 is 1.95 bits per heavy atom. The molecule has 0 aliphatic rings. The van der Waals surface area contributed by atoms with Crippen LogP contribution >= 0.6 is 15.9 Å². The second-order valence-corrected chi connectivity index (χ2v) is 5.53. The average Bonchev–Trinajstić information content (AvgIpc) is 2.49. The van der Waals surface area contributed by atoms with Crippen LogP contribution in [0.2, 0.25) is 0 Å². The zero-order valence-electron chi connectivity index (χ0n) is 12.0. The highest BCUT2D eigenvalue weighted by atomic mass is 79.9. The summed E-state index contributed by atoms with van der Waals surface area (Å²) in [5.41, 5.74) is 0. The van der Waals surface area contributed by atoms with Gasteiger partial charge in [0.15, 0.2) is 0 Å². The largest absolute Gasteiger partial charge is 0.497 e. The molecule has 0 saturated carbocycles. The molecule has 0 aliphatic carbocycles. The standard InChI is InChI=1S/C15H22BrNO3/c1-3-4-5-14(16)15(18)17-10-11-20-13-8-6-12(19-2)7-9-13/h6-9,14H,3-5,10-11H2,1-2H3,(H,17,18). The molecule has 1 aromatic carbocycles. The summed E-state index contributed by atoms with van der Waals surface area (Å²) in [6.07, 6.45) is 3.00. The molecule has 4 nitrogen and oxygen atoms in total. The Kier molecular flexibility index (Phi) is 8.11. The van der Waals surface area contributed by atoms with Gasteiger partial charge in [-0.2, -0.15) is 0 Å². The van der Waals surface area contributed by atoms with Gasteiger partial charge in [-0.15, -0.1) is 0 Å². The van der Waals surface area contributed by atoms with Crippen molar-refractivity contribution >= 4 is 21.8 Å². The minimum absolute atomic E-state index is 0.0248. The lowest BCUT2D eigenvalue weighted by molar-refractivity contribution is -0.120. The van der Waals surface area contributed by atoms with Crippen LogP contribution < -0.4 is 14.8 Å². The Morgan fingerprint density at radius 1 is 1.30 bits per heavy atom. The fraction of sp³-hybridized carbons (Fsp3) is 0.533. The monoisotopic (exact) mass is 343 g/mol. The van der Waals surface area contributed by atoms with Crippen LogP contribution in [-0.4, -0.2) is 31.0 Å². The Balaban J connectivity index is 2.18. The fourth-order valence-corrected chi connectivity index (χ4v) is 2.13. The third-order valence-corrected chi connectivity index (χ3v) is 3.70. The van der Waals surface area contributed by atoms with Gasteiger partial charge in [-0.1, -0.05) is 35.7 Å². The van der Waals surface area contributed by atoms with Gasteiger partial charge in [-0.25, -0.2) is 0 Å². The van der Waals surface area contributed by atoms with Crippen LogP contribution in [0.4, 0.5) is 0 Å². The second-order valence-electron chi connectivity index (χ2n) is 4.42. The number of carbonyl (C=O) groups is 1. The summed E-state index contributed by atoms with van der Waals surface area (Å²) < 4.78 is 10.6. The molecule has 1 aromatic rings. The number of nitrogens with one attached hydrogen (secondary N) is 1. The lowest BCUT2D eigenvalue weighted by atomic mass is 10.2. The molecule has 0 bridgehead atoms. The van der Waals surface area contributed by atoms with E-state index in [1.165, 1.54) is 0 Å². The van der Waals surface area contributed by atoms with Gasteiger partial charge < -0.3 is 14.8 Å². The Morgan fingerprint density at radius 3 is 2.55 bits per heavy atom. The molecule has 0 fully saturated rings. The number of rotatable bonds is 9. The Hall–Kier alpha value is -1.23. The van der Waals surface area contributed by atoms with E-state index in [9.17, 15) is 4.79 Å². The summed E-state index contributed by atoms with van der Waals surface area (Å²) >= 11 is 3.39. The molecule has 5 heteroatoms. The van der Waals surface area contributed by atoms with Gasteiger partial charge in [0.25, 0.3) is 0 Å². The number of hydrogen-bond acceptors (Lipinski definition) is 3. The van der Waals surface area contributed by atoms with E-state index >= 15 is 0 Å². The van der Waals surface area contributed by atoms with Crippen LogP contribution in [0.1, 0.15) is 26.2 Å². The van der Waals surface area contributed by atoms with E-state index in [0.717, 1.165) is 30.8 Å². The molecule has 1 atom stereocenters. The second kappa shape index (κ2) is 9.64. The van der Waals surface area contributed by atoms with Gasteiger partial charge in [0.05, 0.1) is 18.5 Å². The van der Waals surface area contributed by atoms with Crippen LogP contribution in [0.15, 0.2) is 24.3 Å². The van der Waals surface area contributed by atoms with E-state index in [1.54, 1.807) is 7.11 Å². The maximum Gasteiger partial charge on any atom is 0.233 e. The van der Waals surface area contributed by atoms with E-state index in [2.05, 4.69) is 28.2 Å². The summed E-state index contributed by atoms with van der Waals surface area (Å²) in [6, 6.07) is 7.37. The maximum absolute atomic E-state index is 11.7. The summed E-state index contributed by atoms with van der Waals surface area (Å²) in [6.45, 7) is 3.06. The maximum atomic E-state index is 11.7. The van der Waals surface area contributed by atoms with Gasteiger partial charge in [-0.3, -0.25) is 4.79 Å². The first kappa shape index (κ1) is 16.8. The number of benzene rings is 1. The van der Waals surface area contributed by atoms with Crippen molar-refractivity contribution in [3.63, 3.8) is 0 Å². The van der Waals surface area contributed by atoms with Gasteiger partial charge in [0.1, 0.15) is 18.1 Å². The zero-order chi connectivity index (χ0) is 14.8. The molecule has 0 heterocycles. The number of amides is 1. The zero-order valence-corrected chi connectivity index (χ0v) is 13.6. The SMILES string of the molecule is CCCCC(Br)C(=O)NCCOc1ccc(OC)cc1. The minimum Gasteiger partial charge on any atom is -0.497 e. The van der Waals surface area contributed by atoms with Crippen LogP contribution in [0, 0.1) is 0 Å². The van der Waals surface area contributed by atoms with Crippen molar-refractivity contribution in [2.75, 3.05) is 20.3 Å². The summed E-state index contributed by atoms with van der Waals surface area (Å²) in [4.78, 5) is 11.6. The van der Waals surface area contributed by atoms with Crippen molar-refractivity contribution in [1.82, 2.24) is 5.32 Å². The molecule has 0 spiro atoms. The van der Waals surface area contributed by atoms with Crippen LogP contribution in [-0.2, 0) is 4.79 Å². The molecule has 20 heavy (non-hydrogen) atoms. The lowest BCUT2D eigenvalue weighted by Gasteiger charge is -2.11. The Bertz CT molecular complexity index is 395. The number of halogens is 1. The van der Waals surface area contributed by atoms with Gasteiger partial charge in [-0.05, 0) is 30.7 Å². The fourth-order valence-electron chi connectivity index (χ4n) is 1.64. The van der Waals surface area contributed by atoms with Crippen molar-refractivity contribution in [3.05, 3.63) is 24.3 Å². The number of carbonyl (C=O) groups excluding carboxylic acids is 1. The number of unbranched alkanes of at least 4 members (excludes halogenated alkanes) is 1. The summed E-state index contributed by atoms with van der Waals surface area (Å²) in [7, 11) is 1.63. The van der Waals surface area contributed by atoms with Crippen molar-refractivity contribution < 1.29 is 14.3 Å². The first-order chi connectivity index (χ1) is 9.67. The first-order valence-corrected chi connectivity index (χ1v) is 7.77. The highest BCUT2D eigenvalue weighted by Gasteiger charge is 2.12. The van der Waals surface area contributed by atoms with Crippen molar-refractivity contribution in [3.8, 4) is 11.5 Å². The van der Waals surface area contributed by atoms with Crippen molar-refractivity contribution in [1.29, 1.82) is 0 Å². The molecule has 0 radical (unpaired) electrons. The van der Waals surface area contributed by atoms with E-state index in [-0.39, 0.29) is 10.7 Å². The summed E-state index contributed by atoms with van der Waals surface area (Å²) in [5.74, 6) is 1.59. The third kappa shape index (κ3) is 6.28. The molecule has 112 valence electrons. The number of hydrogen-bond donors (Lipinski definition) is 1. The van der Waals surface area contributed by atoms with E-state index in [1.807, 2.05) is 24.3 Å². The smallest absolute Gasteiger partial charge is 0.233 e. The molecule has 0 aliphatic heterocycles. The first-order valence-electron chi connectivity index (χ1n) is 6.86. The summed E-state index contributed by atoms with van der Waals surface area (Å²) in [5, 5.41) is 2.85. The molecule has 1 amide bonds. The minimum atomic E-state index is -0.108. The van der Waals surface area contributed by atoms with Gasteiger partial charge in [0.2, 0.25) is 5.91 Å². The van der Waals surface area contributed by atoms with Gasteiger partial charge >= 0.3 is 0 Å². The van der Waals surface area contributed by atoms with Crippen LogP contribution in [0.3, 0.4) is 0 Å². The molecular formula is C15H22BrNO3. The molecule has 1 N–H and O–H groups in total. The van der Waals surface area contributed by atoms with Crippen LogP contribution in [0.5, 0.6) is 11.5 Å². The van der Waals surface area contributed by atoms with Crippen molar-refractivity contribution in [2.24, 2.45) is 0 Å². The lowest BCUT2D eigenvalue weighted by Crippen LogP contribution is -2.34. The Labute approximate surface area is 129 Å². The molecule has 1 rings (SSSR count). The predicted octanol–water partition coefficient (Wildman–Crippen LogP) is 3.14. The number of methoxy groups -OCH3 is 1. The average molecular weight is 344 g/mol. The predicted molar refractivity (Wildman–Crippen MR) is 83.7 cm³/mol. The van der Waals surface area contributed by atoms with Gasteiger partial charge in [0, 0.05) is 0 Å². The van der Waals surface area contributed by atoms with E-state index in [4.69, 9.17) is 9.47 Å². The highest BCUT2D eigenvalue weighted by molar-refractivity contribution is 9.10. The normalized spacial score (nSPS) is 11.8. The topological polar surface area (TPSA) is 47.6 Å². The molecule has 0 saturated heterocycles. The third-order valence-electron chi connectivity index (χ3n) is 2.83. The van der Waals surface area contributed by atoms with Crippen LogP contribution in [0.25, 0.3) is 0 Å². The molecular weight excluding hydrogens is 322 g/mol. The number of alkyl halides is 1. The van der Waals surface area contributed by atoms with Crippen molar-refractivity contribution in [2.45, 2.75) is 31.0 Å². The van der Waals surface area contributed by atoms with E-state index in [0.29, 0.717) is 13.2 Å². The number of ether oxygens (including phenoxy) is 2. The molecule has 1 unspecified atom stereocenters. The highest BCUT2D eigenvalue weighted by Crippen LogP contribution is 2.16. The quantitative estimate of drug-likeness (QED) is 0.553.